The van der Waals surface area contributed by atoms with Gasteiger partial charge in [0, 0.05) is 6.04 Å². The second-order valence-corrected chi connectivity index (χ2v) is 5.96. The number of carbonyl (C=O) groups is 1. The summed E-state index contributed by atoms with van der Waals surface area (Å²) in [6.07, 6.45) is 3.97. The smallest absolute Gasteiger partial charge is 0.224 e. The summed E-state index contributed by atoms with van der Waals surface area (Å²) in [5.41, 5.74) is 2.31. The van der Waals surface area contributed by atoms with Crippen molar-refractivity contribution in [3.05, 3.63) is 35.4 Å². The fourth-order valence-corrected chi connectivity index (χ4v) is 2.12. The lowest BCUT2D eigenvalue weighted by Gasteiger charge is -2.14. The van der Waals surface area contributed by atoms with E-state index in [-0.39, 0.29) is 11.9 Å². The first-order valence-corrected chi connectivity index (χ1v) is 7.32. The zero-order chi connectivity index (χ0) is 14.3. The van der Waals surface area contributed by atoms with Crippen LogP contribution >= 0.6 is 0 Å². The maximum Gasteiger partial charge on any atom is 0.224 e. The summed E-state index contributed by atoms with van der Waals surface area (Å²) in [4.78, 5) is 11.9. The minimum absolute atomic E-state index is 0.126. The van der Waals surface area contributed by atoms with Crippen LogP contribution in [-0.4, -0.2) is 11.9 Å². The standard InChI is InChI=1S/C17H27NO/c1-13(2)6-5-7-15(4)18-17(19)12-16-10-8-14(3)9-11-16/h8-11,13,15H,5-7,12H2,1-4H3,(H,18,19). The molecule has 0 aliphatic carbocycles. The summed E-state index contributed by atoms with van der Waals surface area (Å²) in [7, 11) is 0. The highest BCUT2D eigenvalue weighted by Crippen LogP contribution is 2.09. The van der Waals surface area contributed by atoms with E-state index in [1.54, 1.807) is 0 Å². The molecule has 1 amide bonds. The summed E-state index contributed by atoms with van der Waals surface area (Å²) in [6, 6.07) is 8.43. The summed E-state index contributed by atoms with van der Waals surface area (Å²) < 4.78 is 0. The van der Waals surface area contributed by atoms with E-state index in [9.17, 15) is 4.79 Å². The van der Waals surface area contributed by atoms with Crippen LogP contribution in [0.2, 0.25) is 0 Å². The third-order valence-electron chi connectivity index (χ3n) is 3.31. The quantitative estimate of drug-likeness (QED) is 0.793. The Hall–Kier alpha value is -1.31. The molecule has 0 fully saturated rings. The number of aryl methyl sites for hydroxylation is 1. The molecule has 1 unspecified atom stereocenters. The molecule has 0 aliphatic heterocycles. The number of nitrogens with one attached hydrogen (secondary N) is 1. The lowest BCUT2D eigenvalue weighted by Crippen LogP contribution is -2.33. The molecule has 0 radical (unpaired) electrons. The molecule has 19 heavy (non-hydrogen) atoms. The topological polar surface area (TPSA) is 29.1 Å². The molecule has 2 heteroatoms. The first-order valence-electron chi connectivity index (χ1n) is 7.32. The first kappa shape index (κ1) is 15.7. The second-order valence-electron chi connectivity index (χ2n) is 5.96. The van der Waals surface area contributed by atoms with Crippen LogP contribution in [0.4, 0.5) is 0 Å². The third-order valence-corrected chi connectivity index (χ3v) is 3.31. The molecule has 0 saturated carbocycles. The third kappa shape index (κ3) is 7.00. The molecular weight excluding hydrogens is 234 g/mol. The number of hydrogen-bond acceptors (Lipinski definition) is 1. The molecule has 1 atom stereocenters. The molecule has 0 aromatic heterocycles. The van der Waals surface area contributed by atoms with Gasteiger partial charge in [0.15, 0.2) is 0 Å². The molecule has 1 aromatic carbocycles. The van der Waals surface area contributed by atoms with E-state index in [1.807, 2.05) is 12.1 Å². The van der Waals surface area contributed by atoms with Gasteiger partial charge < -0.3 is 5.32 Å². The van der Waals surface area contributed by atoms with Gasteiger partial charge in [0.1, 0.15) is 0 Å². The first-order chi connectivity index (χ1) is 8.97. The molecule has 106 valence electrons. The van der Waals surface area contributed by atoms with Crippen LogP contribution < -0.4 is 5.32 Å². The zero-order valence-corrected chi connectivity index (χ0v) is 12.7. The molecule has 2 nitrogen and oxygen atoms in total. The van der Waals surface area contributed by atoms with E-state index >= 15 is 0 Å². The fraction of sp³-hybridized carbons (Fsp3) is 0.588. The lowest BCUT2D eigenvalue weighted by atomic mass is 10.0. The van der Waals surface area contributed by atoms with Crippen molar-refractivity contribution in [1.82, 2.24) is 5.32 Å². The van der Waals surface area contributed by atoms with Gasteiger partial charge in [-0.2, -0.15) is 0 Å². The highest BCUT2D eigenvalue weighted by Gasteiger charge is 2.08. The average Bonchev–Trinajstić information content (AvgIpc) is 2.31. The average molecular weight is 261 g/mol. The summed E-state index contributed by atoms with van der Waals surface area (Å²) in [5, 5.41) is 3.08. The van der Waals surface area contributed by atoms with E-state index in [2.05, 4.69) is 45.1 Å². The highest BCUT2D eigenvalue weighted by molar-refractivity contribution is 5.78. The van der Waals surface area contributed by atoms with Crippen molar-refractivity contribution in [3.63, 3.8) is 0 Å². The van der Waals surface area contributed by atoms with Crippen LogP contribution in [0.25, 0.3) is 0 Å². The Bertz CT molecular complexity index is 381. The Morgan fingerprint density at radius 3 is 2.32 bits per heavy atom. The van der Waals surface area contributed by atoms with E-state index in [0.29, 0.717) is 6.42 Å². The predicted molar refractivity (Wildman–Crippen MR) is 81.2 cm³/mol. The van der Waals surface area contributed by atoms with Gasteiger partial charge in [0.05, 0.1) is 6.42 Å². The molecule has 0 bridgehead atoms. The van der Waals surface area contributed by atoms with Gasteiger partial charge in [-0.15, -0.1) is 0 Å². The second kappa shape index (κ2) is 7.98. The van der Waals surface area contributed by atoms with Crippen molar-refractivity contribution in [2.75, 3.05) is 0 Å². The van der Waals surface area contributed by atoms with Crippen molar-refractivity contribution >= 4 is 5.91 Å². The molecule has 0 aliphatic rings. The summed E-state index contributed by atoms with van der Waals surface area (Å²) in [5.74, 6) is 0.872. The Morgan fingerprint density at radius 1 is 1.11 bits per heavy atom. The fourth-order valence-electron chi connectivity index (χ4n) is 2.12. The molecule has 0 heterocycles. The van der Waals surface area contributed by atoms with E-state index < -0.39 is 0 Å². The van der Waals surface area contributed by atoms with Crippen molar-refractivity contribution in [3.8, 4) is 0 Å². The van der Waals surface area contributed by atoms with Crippen LogP contribution in [0.5, 0.6) is 0 Å². The van der Waals surface area contributed by atoms with E-state index in [0.717, 1.165) is 17.9 Å². The SMILES string of the molecule is Cc1ccc(CC(=O)NC(C)CCCC(C)C)cc1. The maximum absolute atomic E-state index is 11.9. The van der Waals surface area contributed by atoms with Crippen molar-refractivity contribution in [1.29, 1.82) is 0 Å². The Morgan fingerprint density at radius 2 is 1.74 bits per heavy atom. The number of hydrogen-bond donors (Lipinski definition) is 1. The van der Waals surface area contributed by atoms with Gasteiger partial charge >= 0.3 is 0 Å². The summed E-state index contributed by atoms with van der Waals surface area (Å²) in [6.45, 7) is 8.62. The molecule has 1 aromatic rings. The minimum Gasteiger partial charge on any atom is -0.353 e. The number of amides is 1. The predicted octanol–water partition coefficient (Wildman–Crippen LogP) is 3.87. The molecular formula is C17H27NO. The van der Waals surface area contributed by atoms with Gasteiger partial charge in [-0.25, -0.2) is 0 Å². The number of rotatable bonds is 7. The van der Waals surface area contributed by atoms with Crippen LogP contribution in [0.3, 0.4) is 0 Å². The molecule has 0 spiro atoms. The Kier molecular flexibility index (Phi) is 6.61. The van der Waals surface area contributed by atoms with Crippen LogP contribution in [0.1, 0.15) is 51.2 Å². The van der Waals surface area contributed by atoms with Gasteiger partial charge in [-0.05, 0) is 31.7 Å². The van der Waals surface area contributed by atoms with Crippen LogP contribution in [-0.2, 0) is 11.2 Å². The molecule has 0 saturated heterocycles. The molecule has 1 rings (SSSR count). The largest absolute Gasteiger partial charge is 0.353 e. The van der Waals surface area contributed by atoms with Gasteiger partial charge in [0.25, 0.3) is 0 Å². The zero-order valence-electron chi connectivity index (χ0n) is 12.7. The Balaban J connectivity index is 2.28. The van der Waals surface area contributed by atoms with Crippen LogP contribution in [0, 0.1) is 12.8 Å². The normalized spacial score (nSPS) is 12.5. The van der Waals surface area contributed by atoms with Gasteiger partial charge in [-0.1, -0.05) is 56.5 Å². The van der Waals surface area contributed by atoms with Gasteiger partial charge in [-0.3, -0.25) is 4.79 Å². The van der Waals surface area contributed by atoms with E-state index in [4.69, 9.17) is 0 Å². The minimum atomic E-state index is 0.126. The highest BCUT2D eigenvalue weighted by atomic mass is 16.1. The van der Waals surface area contributed by atoms with Crippen LogP contribution in [0.15, 0.2) is 24.3 Å². The monoisotopic (exact) mass is 261 g/mol. The Labute approximate surface area is 117 Å². The van der Waals surface area contributed by atoms with Crippen molar-refractivity contribution < 1.29 is 4.79 Å². The number of carbonyl (C=O) groups excluding carboxylic acids is 1. The van der Waals surface area contributed by atoms with Crippen molar-refractivity contribution in [2.45, 2.75) is 59.4 Å². The number of benzene rings is 1. The summed E-state index contributed by atoms with van der Waals surface area (Å²) >= 11 is 0. The lowest BCUT2D eigenvalue weighted by molar-refractivity contribution is -0.121. The van der Waals surface area contributed by atoms with E-state index in [1.165, 1.54) is 18.4 Å². The maximum atomic E-state index is 11.9. The molecule has 1 N–H and O–H groups in total. The van der Waals surface area contributed by atoms with Crippen molar-refractivity contribution in [2.24, 2.45) is 5.92 Å². The van der Waals surface area contributed by atoms with Gasteiger partial charge in [0.2, 0.25) is 5.91 Å².